The van der Waals surface area contributed by atoms with Crippen molar-refractivity contribution in [3.05, 3.63) is 18.0 Å². The van der Waals surface area contributed by atoms with Crippen LogP contribution >= 0.6 is 0 Å². The first-order chi connectivity index (χ1) is 9.00. The number of alkyl halides is 3. The van der Waals surface area contributed by atoms with Crippen molar-refractivity contribution in [2.75, 3.05) is 24.5 Å². The minimum absolute atomic E-state index is 0.164. The molecular weight excluding hydrogens is 257 g/mol. The second-order valence-electron chi connectivity index (χ2n) is 4.58. The number of hydrogen-bond acceptors (Lipinski definition) is 4. The van der Waals surface area contributed by atoms with Gasteiger partial charge in [-0.3, -0.25) is 0 Å². The minimum atomic E-state index is -4.42. The van der Waals surface area contributed by atoms with Crippen LogP contribution in [0.3, 0.4) is 0 Å². The second-order valence-corrected chi connectivity index (χ2v) is 4.58. The molecule has 1 unspecified atom stereocenters. The van der Waals surface area contributed by atoms with E-state index in [0.717, 1.165) is 25.5 Å². The van der Waals surface area contributed by atoms with Crippen molar-refractivity contribution in [3.8, 4) is 0 Å². The van der Waals surface area contributed by atoms with Gasteiger partial charge >= 0.3 is 6.18 Å². The summed E-state index contributed by atoms with van der Waals surface area (Å²) in [7, 11) is 0. The van der Waals surface area contributed by atoms with Gasteiger partial charge in [0.25, 0.3) is 0 Å². The highest BCUT2D eigenvalue weighted by atomic mass is 19.4. The van der Waals surface area contributed by atoms with E-state index in [1.807, 2.05) is 11.8 Å². The fraction of sp³-hybridized carbons (Fsp3) is 0.667. The summed E-state index contributed by atoms with van der Waals surface area (Å²) in [5, 5.41) is 3.31. The van der Waals surface area contributed by atoms with Gasteiger partial charge in [-0.15, -0.1) is 0 Å². The zero-order valence-electron chi connectivity index (χ0n) is 10.7. The fourth-order valence-corrected chi connectivity index (χ4v) is 2.27. The van der Waals surface area contributed by atoms with Gasteiger partial charge in [0.1, 0.15) is 5.69 Å². The molecule has 1 saturated heterocycles. The van der Waals surface area contributed by atoms with Gasteiger partial charge in [0.15, 0.2) is 0 Å². The van der Waals surface area contributed by atoms with E-state index >= 15 is 0 Å². The molecule has 0 saturated carbocycles. The minimum Gasteiger partial charge on any atom is -0.339 e. The Hall–Kier alpha value is -1.37. The lowest BCUT2D eigenvalue weighted by Crippen LogP contribution is -2.46. The van der Waals surface area contributed by atoms with Crippen LogP contribution in [0.5, 0.6) is 0 Å². The average molecular weight is 274 g/mol. The van der Waals surface area contributed by atoms with Gasteiger partial charge in [-0.2, -0.15) is 13.2 Å². The van der Waals surface area contributed by atoms with E-state index in [1.165, 1.54) is 6.20 Å². The predicted octanol–water partition coefficient (Wildman–Crippen LogP) is 2.07. The first-order valence-corrected chi connectivity index (χ1v) is 6.39. The van der Waals surface area contributed by atoms with Gasteiger partial charge < -0.3 is 10.2 Å². The number of hydrogen-bond donors (Lipinski definition) is 1. The molecule has 1 fully saturated rings. The monoisotopic (exact) mass is 274 g/mol. The summed E-state index contributed by atoms with van der Waals surface area (Å²) in [5.41, 5.74) is -0.886. The van der Waals surface area contributed by atoms with Crippen LogP contribution in [-0.2, 0) is 6.18 Å². The lowest BCUT2D eigenvalue weighted by molar-refractivity contribution is -0.141. The number of aromatic nitrogens is 2. The summed E-state index contributed by atoms with van der Waals surface area (Å²) >= 11 is 0. The molecule has 2 heterocycles. The molecule has 0 bridgehead atoms. The smallest absolute Gasteiger partial charge is 0.339 e. The molecule has 1 aliphatic heterocycles. The maximum Gasteiger partial charge on any atom is 0.433 e. The molecule has 0 radical (unpaired) electrons. The third kappa shape index (κ3) is 3.56. The van der Waals surface area contributed by atoms with E-state index in [2.05, 4.69) is 15.3 Å². The largest absolute Gasteiger partial charge is 0.433 e. The third-order valence-electron chi connectivity index (χ3n) is 3.13. The first-order valence-electron chi connectivity index (χ1n) is 6.39. The molecule has 2 rings (SSSR count). The van der Waals surface area contributed by atoms with Crippen molar-refractivity contribution >= 4 is 5.95 Å². The third-order valence-corrected chi connectivity index (χ3v) is 3.13. The van der Waals surface area contributed by atoms with Crippen molar-refractivity contribution in [1.29, 1.82) is 0 Å². The first kappa shape index (κ1) is 14.0. The Balaban J connectivity index is 2.13. The van der Waals surface area contributed by atoms with Crippen molar-refractivity contribution in [1.82, 2.24) is 15.3 Å². The molecule has 7 heteroatoms. The summed E-state index contributed by atoms with van der Waals surface area (Å²) < 4.78 is 37.8. The molecule has 1 atom stereocenters. The van der Waals surface area contributed by atoms with Crippen LogP contribution in [0.4, 0.5) is 19.1 Å². The van der Waals surface area contributed by atoms with E-state index in [1.54, 1.807) is 0 Å². The Kier molecular flexibility index (Phi) is 4.24. The molecule has 1 aliphatic rings. The lowest BCUT2D eigenvalue weighted by Gasteiger charge is -2.33. The number of likely N-dealkylation sites (N-methyl/N-ethyl adjacent to an activating group) is 1. The maximum atomic E-state index is 12.6. The highest BCUT2D eigenvalue weighted by Gasteiger charge is 2.33. The Labute approximate surface area is 110 Å². The van der Waals surface area contributed by atoms with Crippen LogP contribution in [0.15, 0.2) is 12.3 Å². The summed E-state index contributed by atoms with van der Waals surface area (Å²) in [6.07, 6.45) is -1.29. The molecule has 1 N–H and O–H groups in total. The number of piperidine rings is 1. The SMILES string of the molecule is CCNC1CCCN(c2nccc(C(F)(F)F)n2)C1. The number of nitrogens with zero attached hydrogens (tertiary/aromatic N) is 3. The van der Waals surface area contributed by atoms with E-state index in [0.29, 0.717) is 13.1 Å². The topological polar surface area (TPSA) is 41.0 Å². The van der Waals surface area contributed by atoms with Crippen LogP contribution in [0, 0.1) is 0 Å². The van der Waals surface area contributed by atoms with E-state index < -0.39 is 11.9 Å². The van der Waals surface area contributed by atoms with Crippen LogP contribution < -0.4 is 10.2 Å². The van der Waals surface area contributed by atoms with E-state index in [-0.39, 0.29) is 12.0 Å². The Morgan fingerprint density at radius 1 is 1.47 bits per heavy atom. The van der Waals surface area contributed by atoms with E-state index in [9.17, 15) is 13.2 Å². The second kappa shape index (κ2) is 5.73. The average Bonchev–Trinajstić information content (AvgIpc) is 2.39. The van der Waals surface area contributed by atoms with Crippen LogP contribution in [-0.4, -0.2) is 35.6 Å². The highest BCUT2D eigenvalue weighted by molar-refractivity contribution is 5.32. The summed E-state index contributed by atoms with van der Waals surface area (Å²) in [5.74, 6) is 0.164. The zero-order valence-corrected chi connectivity index (χ0v) is 10.7. The van der Waals surface area contributed by atoms with Gasteiger partial charge in [0, 0.05) is 25.3 Å². The Bertz CT molecular complexity index is 420. The van der Waals surface area contributed by atoms with Gasteiger partial charge in [-0.1, -0.05) is 6.92 Å². The molecule has 1 aromatic rings. The number of rotatable bonds is 3. The molecule has 0 aliphatic carbocycles. The van der Waals surface area contributed by atoms with Crippen molar-refractivity contribution in [3.63, 3.8) is 0 Å². The Morgan fingerprint density at radius 2 is 2.26 bits per heavy atom. The van der Waals surface area contributed by atoms with Crippen LogP contribution in [0.1, 0.15) is 25.5 Å². The van der Waals surface area contributed by atoms with Crippen molar-refractivity contribution in [2.24, 2.45) is 0 Å². The van der Waals surface area contributed by atoms with Crippen LogP contribution in [0.2, 0.25) is 0 Å². The van der Waals surface area contributed by atoms with Gasteiger partial charge in [-0.25, -0.2) is 9.97 Å². The number of anilines is 1. The molecule has 0 amide bonds. The standard InChI is InChI=1S/C12H17F3N4/c1-2-16-9-4-3-7-19(8-9)11-17-6-5-10(18-11)12(13,14)15/h5-6,9,16H,2-4,7-8H2,1H3. The maximum absolute atomic E-state index is 12.6. The lowest BCUT2D eigenvalue weighted by atomic mass is 10.1. The predicted molar refractivity (Wildman–Crippen MR) is 65.9 cm³/mol. The summed E-state index contributed by atoms with van der Waals surface area (Å²) in [4.78, 5) is 9.39. The van der Waals surface area contributed by atoms with Crippen LogP contribution in [0.25, 0.3) is 0 Å². The normalized spacial score (nSPS) is 20.6. The molecule has 19 heavy (non-hydrogen) atoms. The van der Waals surface area contributed by atoms with E-state index in [4.69, 9.17) is 0 Å². The molecule has 106 valence electrons. The molecule has 1 aromatic heterocycles. The fourth-order valence-electron chi connectivity index (χ4n) is 2.27. The zero-order chi connectivity index (χ0) is 13.9. The summed E-state index contributed by atoms with van der Waals surface area (Å²) in [6.45, 7) is 4.21. The van der Waals surface area contributed by atoms with Gasteiger partial charge in [0.05, 0.1) is 0 Å². The molecular formula is C12H17F3N4. The highest BCUT2D eigenvalue weighted by Crippen LogP contribution is 2.28. The molecule has 0 spiro atoms. The number of nitrogens with one attached hydrogen (secondary N) is 1. The van der Waals surface area contributed by atoms with Gasteiger partial charge in [0.2, 0.25) is 5.95 Å². The molecule has 4 nitrogen and oxygen atoms in total. The molecule has 0 aromatic carbocycles. The van der Waals surface area contributed by atoms with Crippen molar-refractivity contribution < 1.29 is 13.2 Å². The van der Waals surface area contributed by atoms with Gasteiger partial charge in [-0.05, 0) is 25.5 Å². The summed E-state index contributed by atoms with van der Waals surface area (Å²) in [6, 6.07) is 1.19. The quantitative estimate of drug-likeness (QED) is 0.916. The number of halogens is 3. The van der Waals surface area contributed by atoms with Crippen molar-refractivity contribution in [2.45, 2.75) is 32.0 Å². The Morgan fingerprint density at radius 3 is 2.95 bits per heavy atom.